The maximum absolute atomic E-state index is 13.6. The van der Waals surface area contributed by atoms with Gasteiger partial charge in [-0.05, 0) is 62.1 Å². The van der Waals surface area contributed by atoms with Crippen molar-refractivity contribution >= 4 is 11.8 Å². The summed E-state index contributed by atoms with van der Waals surface area (Å²) in [5, 5.41) is 0. The summed E-state index contributed by atoms with van der Waals surface area (Å²) in [5.41, 5.74) is 2.91. The van der Waals surface area contributed by atoms with Gasteiger partial charge in [-0.1, -0.05) is 12.1 Å². The SMILES string of the molecule is CC(=O)c1c(C)cc(C)c(COC(=O)c2c(F)cccc2F)c1C. The van der Waals surface area contributed by atoms with Gasteiger partial charge in [0.2, 0.25) is 0 Å². The fraction of sp³-hybridized carbons (Fsp3) is 0.263. The smallest absolute Gasteiger partial charge is 0.344 e. The number of hydrogen-bond acceptors (Lipinski definition) is 3. The van der Waals surface area contributed by atoms with Crippen molar-refractivity contribution in [3.8, 4) is 0 Å². The molecular formula is C19H18F2O3. The van der Waals surface area contributed by atoms with E-state index in [9.17, 15) is 18.4 Å². The predicted molar refractivity (Wildman–Crippen MR) is 86.1 cm³/mol. The number of benzene rings is 2. The fourth-order valence-electron chi connectivity index (χ4n) is 2.89. The number of esters is 1. The first-order valence-corrected chi connectivity index (χ1v) is 7.45. The molecule has 0 heterocycles. The Hall–Kier alpha value is -2.56. The molecule has 0 fully saturated rings. The predicted octanol–water partition coefficient (Wildman–Crippen LogP) is 4.45. The lowest BCUT2D eigenvalue weighted by molar-refractivity contribution is 0.0460. The van der Waals surface area contributed by atoms with Crippen LogP contribution in [0.4, 0.5) is 8.78 Å². The lowest BCUT2D eigenvalue weighted by atomic mass is 9.92. The van der Waals surface area contributed by atoms with Crippen LogP contribution in [0.5, 0.6) is 0 Å². The highest BCUT2D eigenvalue weighted by molar-refractivity contribution is 5.97. The quantitative estimate of drug-likeness (QED) is 0.614. The summed E-state index contributed by atoms with van der Waals surface area (Å²) in [6.07, 6.45) is 0. The van der Waals surface area contributed by atoms with Gasteiger partial charge in [-0.3, -0.25) is 4.79 Å². The fourth-order valence-corrected chi connectivity index (χ4v) is 2.89. The van der Waals surface area contributed by atoms with Gasteiger partial charge in [0.15, 0.2) is 5.78 Å². The Balaban J connectivity index is 2.31. The van der Waals surface area contributed by atoms with E-state index < -0.39 is 23.2 Å². The molecule has 0 unspecified atom stereocenters. The largest absolute Gasteiger partial charge is 0.457 e. The van der Waals surface area contributed by atoms with Crippen LogP contribution in [0.1, 0.15) is 49.9 Å². The molecule has 0 saturated carbocycles. The highest BCUT2D eigenvalue weighted by Gasteiger charge is 2.20. The van der Waals surface area contributed by atoms with Gasteiger partial charge in [-0.15, -0.1) is 0 Å². The van der Waals surface area contributed by atoms with Gasteiger partial charge in [-0.2, -0.15) is 0 Å². The molecule has 0 bridgehead atoms. The van der Waals surface area contributed by atoms with E-state index in [4.69, 9.17) is 4.74 Å². The lowest BCUT2D eigenvalue weighted by Crippen LogP contribution is -2.13. The van der Waals surface area contributed by atoms with E-state index in [1.54, 1.807) is 6.92 Å². The molecular weight excluding hydrogens is 314 g/mol. The molecule has 0 atom stereocenters. The van der Waals surface area contributed by atoms with Crippen molar-refractivity contribution in [2.45, 2.75) is 34.3 Å². The Morgan fingerprint density at radius 1 is 1.00 bits per heavy atom. The second-order valence-corrected chi connectivity index (χ2v) is 5.72. The highest BCUT2D eigenvalue weighted by atomic mass is 19.1. The van der Waals surface area contributed by atoms with Crippen molar-refractivity contribution in [1.82, 2.24) is 0 Å². The zero-order valence-electron chi connectivity index (χ0n) is 14.0. The normalized spacial score (nSPS) is 10.6. The second kappa shape index (κ2) is 6.91. The van der Waals surface area contributed by atoms with Crippen LogP contribution in [0.15, 0.2) is 24.3 Å². The van der Waals surface area contributed by atoms with Crippen LogP contribution >= 0.6 is 0 Å². The van der Waals surface area contributed by atoms with Crippen LogP contribution in [0.3, 0.4) is 0 Å². The van der Waals surface area contributed by atoms with E-state index in [-0.39, 0.29) is 12.4 Å². The van der Waals surface area contributed by atoms with Crippen molar-refractivity contribution < 1.29 is 23.1 Å². The van der Waals surface area contributed by atoms with Crippen molar-refractivity contribution in [3.05, 3.63) is 69.3 Å². The van der Waals surface area contributed by atoms with Crippen molar-refractivity contribution in [3.63, 3.8) is 0 Å². The van der Waals surface area contributed by atoms with E-state index >= 15 is 0 Å². The van der Waals surface area contributed by atoms with Crippen LogP contribution in [0.2, 0.25) is 0 Å². The van der Waals surface area contributed by atoms with Gasteiger partial charge in [0, 0.05) is 5.56 Å². The first kappa shape index (κ1) is 17.8. The van der Waals surface area contributed by atoms with Gasteiger partial charge in [0.25, 0.3) is 0 Å². The van der Waals surface area contributed by atoms with Gasteiger partial charge in [0.1, 0.15) is 23.8 Å². The number of rotatable bonds is 4. The number of ether oxygens (including phenoxy) is 1. The number of ketones is 1. The minimum Gasteiger partial charge on any atom is -0.457 e. The van der Waals surface area contributed by atoms with Crippen LogP contribution in [-0.4, -0.2) is 11.8 Å². The molecule has 0 aromatic heterocycles. The summed E-state index contributed by atoms with van der Waals surface area (Å²) < 4.78 is 32.3. The lowest BCUT2D eigenvalue weighted by Gasteiger charge is -2.16. The molecule has 3 nitrogen and oxygen atoms in total. The average Bonchev–Trinajstić information content (AvgIpc) is 2.45. The maximum Gasteiger partial charge on any atom is 0.344 e. The van der Waals surface area contributed by atoms with Crippen molar-refractivity contribution in [2.75, 3.05) is 0 Å². The molecule has 24 heavy (non-hydrogen) atoms. The summed E-state index contributed by atoms with van der Waals surface area (Å²) >= 11 is 0. The molecule has 0 saturated heterocycles. The molecule has 0 spiro atoms. The molecule has 0 N–H and O–H groups in total. The minimum absolute atomic E-state index is 0.0854. The van der Waals surface area contributed by atoms with Gasteiger partial charge >= 0.3 is 5.97 Å². The molecule has 2 rings (SSSR count). The number of Topliss-reactive ketones (excluding diaryl/α,β-unsaturated/α-hetero) is 1. The van der Waals surface area contributed by atoms with Crippen LogP contribution in [0, 0.1) is 32.4 Å². The number of halogens is 2. The summed E-state index contributed by atoms with van der Waals surface area (Å²) in [7, 11) is 0. The van der Waals surface area contributed by atoms with E-state index in [0.717, 1.165) is 23.3 Å². The van der Waals surface area contributed by atoms with E-state index in [1.807, 2.05) is 19.9 Å². The second-order valence-electron chi connectivity index (χ2n) is 5.72. The summed E-state index contributed by atoms with van der Waals surface area (Å²) in [6, 6.07) is 5.00. The van der Waals surface area contributed by atoms with Crippen LogP contribution < -0.4 is 0 Å². The standard InChI is InChI=1S/C19H18F2O3/c1-10-8-11(2)17(13(4)22)12(3)14(10)9-24-19(23)18-15(20)6-5-7-16(18)21/h5-8H,9H2,1-4H3. The van der Waals surface area contributed by atoms with Gasteiger partial charge in [-0.25, -0.2) is 13.6 Å². The first-order chi connectivity index (χ1) is 11.2. The summed E-state index contributed by atoms with van der Waals surface area (Å²) in [6.45, 7) is 6.74. The van der Waals surface area contributed by atoms with E-state index in [1.165, 1.54) is 13.0 Å². The van der Waals surface area contributed by atoms with E-state index in [0.29, 0.717) is 16.7 Å². The molecule has 0 aliphatic rings. The third kappa shape index (κ3) is 3.35. The molecule has 0 amide bonds. The molecule has 2 aromatic rings. The van der Waals surface area contributed by atoms with Crippen molar-refractivity contribution in [1.29, 1.82) is 0 Å². The number of carbonyl (C=O) groups excluding carboxylic acids is 2. The molecule has 126 valence electrons. The highest BCUT2D eigenvalue weighted by Crippen LogP contribution is 2.24. The molecule has 2 aromatic carbocycles. The van der Waals surface area contributed by atoms with Gasteiger partial charge in [0.05, 0.1) is 0 Å². The summed E-state index contributed by atoms with van der Waals surface area (Å²) in [5.74, 6) is -3.10. The number of aryl methyl sites for hydroxylation is 2. The number of carbonyl (C=O) groups is 2. The Labute approximate surface area is 139 Å². The Morgan fingerprint density at radius 3 is 2.12 bits per heavy atom. The van der Waals surface area contributed by atoms with Crippen LogP contribution in [0.25, 0.3) is 0 Å². The van der Waals surface area contributed by atoms with E-state index in [2.05, 4.69) is 0 Å². The molecule has 0 aliphatic carbocycles. The third-order valence-corrected chi connectivity index (χ3v) is 4.00. The van der Waals surface area contributed by atoms with Gasteiger partial charge < -0.3 is 4.74 Å². The Kier molecular flexibility index (Phi) is 5.12. The molecule has 0 radical (unpaired) electrons. The monoisotopic (exact) mass is 332 g/mol. The first-order valence-electron chi connectivity index (χ1n) is 7.45. The van der Waals surface area contributed by atoms with Crippen molar-refractivity contribution in [2.24, 2.45) is 0 Å². The zero-order valence-corrected chi connectivity index (χ0v) is 14.0. The minimum atomic E-state index is -1.07. The molecule has 5 heteroatoms. The zero-order chi connectivity index (χ0) is 18.0. The summed E-state index contributed by atoms with van der Waals surface area (Å²) in [4.78, 5) is 23.8. The Bertz CT molecular complexity index is 806. The number of hydrogen-bond donors (Lipinski definition) is 0. The third-order valence-electron chi connectivity index (χ3n) is 4.00. The average molecular weight is 332 g/mol. The topological polar surface area (TPSA) is 43.4 Å². The Morgan fingerprint density at radius 2 is 1.58 bits per heavy atom. The maximum atomic E-state index is 13.6. The van der Waals surface area contributed by atoms with Crippen LogP contribution in [-0.2, 0) is 11.3 Å². The molecule has 0 aliphatic heterocycles.